The summed E-state index contributed by atoms with van der Waals surface area (Å²) in [5.74, 6) is -0.881. The lowest BCUT2D eigenvalue weighted by molar-refractivity contribution is -0.167. The summed E-state index contributed by atoms with van der Waals surface area (Å²) in [4.78, 5) is 37.8. The highest BCUT2D eigenvalue weighted by Gasteiger charge is 2.19. The van der Waals surface area contributed by atoms with Crippen LogP contribution in [-0.4, -0.2) is 37.2 Å². The van der Waals surface area contributed by atoms with Gasteiger partial charge in [-0.15, -0.1) is 0 Å². The van der Waals surface area contributed by atoms with Crippen LogP contribution in [0.4, 0.5) is 0 Å². The largest absolute Gasteiger partial charge is 0.462 e. The summed E-state index contributed by atoms with van der Waals surface area (Å²) < 4.78 is 16.7. The van der Waals surface area contributed by atoms with E-state index >= 15 is 0 Å². The third-order valence-corrected chi connectivity index (χ3v) is 11.3. The van der Waals surface area contributed by atoms with Crippen LogP contribution in [-0.2, 0) is 28.6 Å². The quantitative estimate of drug-likeness (QED) is 0.0262. The first-order valence-corrected chi connectivity index (χ1v) is 26.3. The lowest BCUT2D eigenvalue weighted by atomic mass is 10.0. The molecular formula is C56H98O6. The van der Waals surface area contributed by atoms with Gasteiger partial charge in [0.2, 0.25) is 0 Å². The molecule has 0 N–H and O–H groups in total. The molecule has 1 unspecified atom stereocenters. The maximum absolute atomic E-state index is 12.7. The number of esters is 3. The van der Waals surface area contributed by atoms with Crippen molar-refractivity contribution < 1.29 is 28.6 Å². The van der Waals surface area contributed by atoms with Crippen molar-refractivity contribution in [3.05, 3.63) is 60.8 Å². The molecule has 0 aromatic carbocycles. The van der Waals surface area contributed by atoms with E-state index in [1.807, 2.05) is 0 Å². The summed E-state index contributed by atoms with van der Waals surface area (Å²) in [6, 6.07) is 0. The summed E-state index contributed by atoms with van der Waals surface area (Å²) in [5, 5.41) is 0. The minimum Gasteiger partial charge on any atom is -0.462 e. The maximum Gasteiger partial charge on any atom is 0.306 e. The van der Waals surface area contributed by atoms with Gasteiger partial charge in [-0.25, -0.2) is 0 Å². The summed E-state index contributed by atoms with van der Waals surface area (Å²) in [6.07, 6.45) is 62.2. The molecule has 0 aliphatic carbocycles. The van der Waals surface area contributed by atoms with Crippen molar-refractivity contribution in [2.45, 2.75) is 264 Å². The fourth-order valence-corrected chi connectivity index (χ4v) is 7.35. The highest BCUT2D eigenvalue weighted by molar-refractivity contribution is 5.71. The molecule has 0 amide bonds. The number of unbranched alkanes of at least 4 members (excludes halogenated alkanes) is 26. The van der Waals surface area contributed by atoms with Crippen molar-refractivity contribution in [1.82, 2.24) is 0 Å². The maximum atomic E-state index is 12.7. The van der Waals surface area contributed by atoms with Crippen molar-refractivity contribution in [3.8, 4) is 0 Å². The second-order valence-electron chi connectivity index (χ2n) is 17.4. The summed E-state index contributed by atoms with van der Waals surface area (Å²) in [5.41, 5.74) is 0. The Kier molecular flexibility index (Phi) is 48.4. The van der Waals surface area contributed by atoms with Crippen LogP contribution in [0.5, 0.6) is 0 Å². The number of ether oxygens (including phenoxy) is 3. The third-order valence-electron chi connectivity index (χ3n) is 11.3. The fourth-order valence-electron chi connectivity index (χ4n) is 7.35. The average molecular weight is 867 g/mol. The van der Waals surface area contributed by atoms with E-state index in [0.717, 1.165) is 96.3 Å². The average Bonchev–Trinajstić information content (AvgIpc) is 3.27. The van der Waals surface area contributed by atoms with Gasteiger partial charge in [0.25, 0.3) is 0 Å². The highest BCUT2D eigenvalue weighted by Crippen LogP contribution is 2.15. The van der Waals surface area contributed by atoms with Gasteiger partial charge < -0.3 is 14.2 Å². The van der Waals surface area contributed by atoms with Gasteiger partial charge in [0.05, 0.1) is 0 Å². The van der Waals surface area contributed by atoms with Crippen molar-refractivity contribution in [1.29, 1.82) is 0 Å². The minimum absolute atomic E-state index is 0.0732. The highest BCUT2D eigenvalue weighted by atomic mass is 16.6. The lowest BCUT2D eigenvalue weighted by Crippen LogP contribution is -2.30. The molecule has 0 saturated heterocycles. The van der Waals surface area contributed by atoms with E-state index in [1.54, 1.807) is 0 Å². The lowest BCUT2D eigenvalue weighted by Gasteiger charge is -2.18. The second kappa shape index (κ2) is 50.8. The molecule has 0 radical (unpaired) electrons. The van der Waals surface area contributed by atoms with Gasteiger partial charge in [-0.3, -0.25) is 14.4 Å². The van der Waals surface area contributed by atoms with Crippen LogP contribution in [0.25, 0.3) is 0 Å². The number of rotatable bonds is 47. The first kappa shape index (κ1) is 59.1. The Morgan fingerprint density at radius 1 is 0.339 bits per heavy atom. The molecule has 0 bridgehead atoms. The molecule has 0 fully saturated rings. The zero-order valence-electron chi connectivity index (χ0n) is 40.9. The zero-order valence-corrected chi connectivity index (χ0v) is 40.9. The smallest absolute Gasteiger partial charge is 0.306 e. The van der Waals surface area contributed by atoms with E-state index in [-0.39, 0.29) is 31.1 Å². The molecule has 0 aliphatic rings. The minimum atomic E-state index is -0.770. The van der Waals surface area contributed by atoms with Gasteiger partial charge in [-0.2, -0.15) is 0 Å². The van der Waals surface area contributed by atoms with E-state index in [4.69, 9.17) is 14.2 Å². The molecule has 6 nitrogen and oxygen atoms in total. The first-order chi connectivity index (χ1) is 30.5. The molecule has 0 aromatic rings. The molecule has 0 heterocycles. The van der Waals surface area contributed by atoms with Gasteiger partial charge in [0.1, 0.15) is 13.2 Å². The predicted octanol–water partition coefficient (Wildman–Crippen LogP) is 17.3. The Bertz CT molecular complexity index is 1130. The van der Waals surface area contributed by atoms with E-state index < -0.39 is 6.10 Å². The summed E-state index contributed by atoms with van der Waals surface area (Å²) in [6.45, 7) is 6.48. The van der Waals surface area contributed by atoms with Crippen LogP contribution in [0.2, 0.25) is 0 Å². The molecule has 0 aromatic heterocycles. The molecule has 0 spiro atoms. The molecule has 358 valence electrons. The Hall–Kier alpha value is -2.89. The number of allylic oxidation sites excluding steroid dienone is 10. The number of carbonyl (C=O) groups excluding carboxylic acids is 3. The SMILES string of the molecule is CC/C=C\C/C=C\C/C=C\C/C=C\C/C=C\CCCCCCCCCCCC(=O)OCC(COC(=O)CCCCCCCCC)OC(=O)CCCCCCCCCCCCCC. The molecule has 6 heteroatoms. The Balaban J connectivity index is 4.16. The Labute approximate surface area is 383 Å². The summed E-state index contributed by atoms with van der Waals surface area (Å²) >= 11 is 0. The summed E-state index contributed by atoms with van der Waals surface area (Å²) in [7, 11) is 0. The number of hydrogen-bond donors (Lipinski definition) is 0. The normalized spacial score (nSPS) is 12.5. The number of hydrogen-bond acceptors (Lipinski definition) is 6. The standard InChI is InChI=1S/C56H98O6/c1-4-7-10-13-16-18-20-22-23-24-25-26-27-28-29-30-31-32-33-34-36-37-40-43-46-49-55(58)61-52-53(51-60-54(57)48-45-42-39-15-12-9-6-3)62-56(59)50-47-44-41-38-35-21-19-17-14-11-8-5-2/h7,10,16,18,22-23,25-26,28-29,53H,4-6,8-9,11-15,17,19-21,24,27,30-52H2,1-3H3/b10-7-,18-16-,23-22-,26-25-,29-28-. The van der Waals surface area contributed by atoms with Gasteiger partial charge in [-0.1, -0.05) is 236 Å². The van der Waals surface area contributed by atoms with Crippen LogP contribution in [0.15, 0.2) is 60.8 Å². The molecule has 1 atom stereocenters. The zero-order chi connectivity index (χ0) is 45.1. The predicted molar refractivity (Wildman–Crippen MR) is 265 cm³/mol. The van der Waals surface area contributed by atoms with Gasteiger partial charge >= 0.3 is 17.9 Å². The molecule has 62 heavy (non-hydrogen) atoms. The van der Waals surface area contributed by atoms with Gasteiger partial charge in [-0.05, 0) is 64.2 Å². The van der Waals surface area contributed by atoms with Crippen molar-refractivity contribution >= 4 is 17.9 Å². The van der Waals surface area contributed by atoms with Crippen LogP contribution < -0.4 is 0 Å². The molecule has 0 rings (SSSR count). The van der Waals surface area contributed by atoms with Crippen LogP contribution in [0.3, 0.4) is 0 Å². The van der Waals surface area contributed by atoms with E-state index in [2.05, 4.69) is 81.5 Å². The third kappa shape index (κ3) is 48.1. The monoisotopic (exact) mass is 867 g/mol. The van der Waals surface area contributed by atoms with Gasteiger partial charge in [0, 0.05) is 19.3 Å². The van der Waals surface area contributed by atoms with Crippen LogP contribution in [0, 0.1) is 0 Å². The molecule has 0 saturated carbocycles. The van der Waals surface area contributed by atoms with Crippen molar-refractivity contribution in [2.24, 2.45) is 0 Å². The van der Waals surface area contributed by atoms with Crippen molar-refractivity contribution in [2.75, 3.05) is 13.2 Å². The molecule has 0 aliphatic heterocycles. The van der Waals surface area contributed by atoms with Crippen LogP contribution in [0.1, 0.15) is 258 Å². The first-order valence-electron chi connectivity index (χ1n) is 26.3. The van der Waals surface area contributed by atoms with Crippen molar-refractivity contribution in [3.63, 3.8) is 0 Å². The van der Waals surface area contributed by atoms with E-state index in [9.17, 15) is 14.4 Å². The van der Waals surface area contributed by atoms with Crippen LogP contribution >= 0.6 is 0 Å². The topological polar surface area (TPSA) is 78.9 Å². The van der Waals surface area contributed by atoms with E-state index in [0.29, 0.717) is 19.3 Å². The number of carbonyl (C=O) groups is 3. The second-order valence-corrected chi connectivity index (χ2v) is 17.4. The Morgan fingerprint density at radius 3 is 0.984 bits per heavy atom. The van der Waals surface area contributed by atoms with Gasteiger partial charge in [0.15, 0.2) is 6.10 Å². The Morgan fingerprint density at radius 2 is 0.629 bits per heavy atom. The molecular weight excluding hydrogens is 769 g/mol. The van der Waals surface area contributed by atoms with E-state index in [1.165, 1.54) is 122 Å². The fraction of sp³-hybridized carbons (Fsp3) is 0.768.